The number of fused-ring (bicyclic) bond motifs is 1. The number of nitrogens with one attached hydrogen (secondary N) is 1. The van der Waals surface area contributed by atoms with E-state index in [1.807, 2.05) is 0 Å². The number of cyclic esters (lactones) is 2. The van der Waals surface area contributed by atoms with Gasteiger partial charge in [0.25, 0.3) is 11.7 Å². The first-order chi connectivity index (χ1) is 11.7. The van der Waals surface area contributed by atoms with E-state index in [-0.39, 0.29) is 11.5 Å². The van der Waals surface area contributed by atoms with Crippen LogP contribution >= 0.6 is 0 Å². The van der Waals surface area contributed by atoms with E-state index >= 15 is 0 Å². The van der Waals surface area contributed by atoms with Crippen LogP contribution in [0.4, 0.5) is 11.4 Å². The molecule has 2 aliphatic heterocycles. The predicted molar refractivity (Wildman–Crippen MR) is 87.9 cm³/mol. The predicted octanol–water partition coefficient (Wildman–Crippen LogP) is 1.56. The summed E-state index contributed by atoms with van der Waals surface area (Å²) in [7, 11) is 1.65. The molecule has 1 unspecified atom stereocenters. The van der Waals surface area contributed by atoms with Crippen molar-refractivity contribution in [1.29, 1.82) is 0 Å². The molecular formula is C17H18N2O6. The van der Waals surface area contributed by atoms with Gasteiger partial charge in [0.05, 0.1) is 11.4 Å². The molecule has 8 nitrogen and oxygen atoms in total. The van der Waals surface area contributed by atoms with Crippen molar-refractivity contribution in [3.8, 4) is 5.75 Å². The van der Waals surface area contributed by atoms with E-state index < -0.39 is 23.8 Å². The van der Waals surface area contributed by atoms with Gasteiger partial charge in [0.2, 0.25) is 0 Å². The van der Waals surface area contributed by atoms with Gasteiger partial charge in [0, 0.05) is 27.1 Å². The zero-order valence-corrected chi connectivity index (χ0v) is 14.3. The van der Waals surface area contributed by atoms with Crippen molar-refractivity contribution >= 4 is 29.2 Å². The van der Waals surface area contributed by atoms with Crippen molar-refractivity contribution in [3.63, 3.8) is 0 Å². The molecule has 0 spiro atoms. The summed E-state index contributed by atoms with van der Waals surface area (Å²) < 4.78 is 15.7. The topological polar surface area (TPSA) is 94.2 Å². The SMILES string of the molecule is CC1Oc2c(NC=C3C(=O)OC(C)(C)OC3=O)cccc2N(C)C1=O. The van der Waals surface area contributed by atoms with E-state index in [4.69, 9.17) is 14.2 Å². The first-order valence-electron chi connectivity index (χ1n) is 7.70. The molecule has 1 aromatic rings. The number of para-hydroxylation sites is 1. The lowest BCUT2D eigenvalue weighted by Gasteiger charge is -2.31. The lowest BCUT2D eigenvalue weighted by molar-refractivity contribution is -0.222. The fourth-order valence-corrected chi connectivity index (χ4v) is 2.57. The number of carbonyl (C=O) groups is 3. The summed E-state index contributed by atoms with van der Waals surface area (Å²) in [5.41, 5.74) is 0.827. The molecule has 1 N–H and O–H groups in total. The zero-order valence-electron chi connectivity index (χ0n) is 14.3. The Morgan fingerprint density at radius 2 is 1.80 bits per heavy atom. The highest BCUT2D eigenvalue weighted by Crippen LogP contribution is 2.39. The molecule has 3 rings (SSSR count). The van der Waals surface area contributed by atoms with Crippen LogP contribution in [0, 0.1) is 0 Å². The van der Waals surface area contributed by atoms with Gasteiger partial charge in [-0.15, -0.1) is 0 Å². The number of amides is 1. The highest BCUT2D eigenvalue weighted by atomic mass is 16.7. The van der Waals surface area contributed by atoms with Gasteiger partial charge in [-0.2, -0.15) is 0 Å². The van der Waals surface area contributed by atoms with Crippen LogP contribution < -0.4 is 15.0 Å². The smallest absolute Gasteiger partial charge is 0.350 e. The number of hydrogen-bond acceptors (Lipinski definition) is 7. The molecular weight excluding hydrogens is 328 g/mol. The highest BCUT2D eigenvalue weighted by Gasteiger charge is 2.39. The quantitative estimate of drug-likeness (QED) is 0.493. The van der Waals surface area contributed by atoms with Gasteiger partial charge in [-0.25, -0.2) is 9.59 Å². The van der Waals surface area contributed by atoms with Gasteiger partial charge >= 0.3 is 11.9 Å². The van der Waals surface area contributed by atoms with Gasteiger partial charge in [0.1, 0.15) is 0 Å². The minimum Gasteiger partial charge on any atom is -0.476 e. The molecule has 1 atom stereocenters. The Hall–Kier alpha value is -3.03. The molecule has 0 radical (unpaired) electrons. The second-order valence-corrected chi connectivity index (χ2v) is 6.19. The van der Waals surface area contributed by atoms with Crippen molar-refractivity contribution in [3.05, 3.63) is 30.0 Å². The third-order valence-electron chi connectivity index (χ3n) is 3.82. The first-order valence-corrected chi connectivity index (χ1v) is 7.70. The summed E-state index contributed by atoms with van der Waals surface area (Å²) in [6.07, 6.45) is 0.568. The molecule has 0 saturated carbocycles. The average Bonchev–Trinajstić information content (AvgIpc) is 2.51. The van der Waals surface area contributed by atoms with Crippen molar-refractivity contribution in [2.75, 3.05) is 17.3 Å². The van der Waals surface area contributed by atoms with Crippen molar-refractivity contribution in [2.24, 2.45) is 0 Å². The number of esters is 2. The van der Waals surface area contributed by atoms with E-state index in [2.05, 4.69) is 5.32 Å². The molecule has 0 bridgehead atoms. The molecule has 1 fully saturated rings. The molecule has 1 aromatic carbocycles. The molecule has 0 aliphatic carbocycles. The Balaban J connectivity index is 1.89. The normalized spacial score (nSPS) is 21.8. The minimum absolute atomic E-state index is 0.162. The molecule has 25 heavy (non-hydrogen) atoms. The number of benzene rings is 1. The average molecular weight is 346 g/mol. The summed E-state index contributed by atoms with van der Waals surface area (Å²) >= 11 is 0. The van der Waals surface area contributed by atoms with Gasteiger partial charge in [-0.3, -0.25) is 4.79 Å². The van der Waals surface area contributed by atoms with Gasteiger partial charge in [-0.05, 0) is 19.1 Å². The molecule has 1 saturated heterocycles. The second-order valence-electron chi connectivity index (χ2n) is 6.19. The Morgan fingerprint density at radius 3 is 2.44 bits per heavy atom. The second kappa shape index (κ2) is 5.80. The maximum Gasteiger partial charge on any atom is 0.350 e. The maximum absolute atomic E-state index is 12.0. The minimum atomic E-state index is -1.29. The highest BCUT2D eigenvalue weighted by molar-refractivity contribution is 6.15. The zero-order chi connectivity index (χ0) is 18.4. The Labute approximate surface area is 144 Å². The van der Waals surface area contributed by atoms with Crippen LogP contribution in [-0.4, -0.2) is 36.8 Å². The lowest BCUT2D eigenvalue weighted by Crippen LogP contribution is -2.42. The molecule has 132 valence electrons. The van der Waals surface area contributed by atoms with Crippen molar-refractivity contribution in [1.82, 2.24) is 0 Å². The van der Waals surface area contributed by atoms with Gasteiger partial charge < -0.3 is 24.4 Å². The number of hydrogen-bond donors (Lipinski definition) is 1. The fourth-order valence-electron chi connectivity index (χ4n) is 2.57. The third kappa shape index (κ3) is 3.02. The van der Waals surface area contributed by atoms with Gasteiger partial charge in [0.15, 0.2) is 17.4 Å². The fraction of sp³-hybridized carbons (Fsp3) is 0.353. The number of rotatable bonds is 2. The van der Waals surface area contributed by atoms with E-state index in [1.165, 1.54) is 24.9 Å². The van der Waals surface area contributed by atoms with Gasteiger partial charge in [-0.1, -0.05) is 6.07 Å². The van der Waals surface area contributed by atoms with Crippen LogP contribution in [0.25, 0.3) is 0 Å². The standard InChI is InChI=1S/C17H18N2O6/c1-9-14(20)19(4)12-7-5-6-11(13(12)23-9)18-8-10-15(21)24-17(2,3)25-16(10)22/h5-9,18H,1-4H3. The molecule has 1 amide bonds. The first kappa shape index (κ1) is 16.8. The number of nitrogens with zero attached hydrogens (tertiary/aromatic N) is 1. The lowest BCUT2D eigenvalue weighted by atomic mass is 10.1. The number of carbonyl (C=O) groups excluding carboxylic acids is 3. The molecule has 8 heteroatoms. The van der Waals surface area contributed by atoms with Crippen LogP contribution in [0.1, 0.15) is 20.8 Å². The number of likely N-dealkylation sites (N-methyl/N-ethyl adjacent to an activating group) is 1. The maximum atomic E-state index is 12.0. The van der Waals surface area contributed by atoms with Crippen molar-refractivity contribution in [2.45, 2.75) is 32.7 Å². The summed E-state index contributed by atoms with van der Waals surface area (Å²) in [5.74, 6) is -2.56. The Morgan fingerprint density at radius 1 is 1.16 bits per heavy atom. The molecule has 2 aliphatic rings. The monoisotopic (exact) mass is 346 g/mol. The van der Waals surface area contributed by atoms with Crippen molar-refractivity contribution < 1.29 is 28.6 Å². The van der Waals surface area contributed by atoms with E-state index in [9.17, 15) is 14.4 Å². The van der Waals surface area contributed by atoms with Crippen LogP contribution in [0.2, 0.25) is 0 Å². The van der Waals surface area contributed by atoms with E-state index in [1.54, 1.807) is 32.2 Å². The van der Waals surface area contributed by atoms with E-state index in [0.717, 1.165) is 0 Å². The van der Waals surface area contributed by atoms with E-state index in [0.29, 0.717) is 17.1 Å². The largest absolute Gasteiger partial charge is 0.476 e. The summed E-state index contributed by atoms with van der Waals surface area (Å²) in [6.45, 7) is 4.60. The Bertz CT molecular complexity index is 776. The Kier molecular flexibility index (Phi) is 3.90. The molecule has 0 aromatic heterocycles. The number of anilines is 2. The summed E-state index contributed by atoms with van der Waals surface area (Å²) in [5, 5.41) is 2.86. The van der Waals surface area contributed by atoms with Crippen LogP contribution in [0.15, 0.2) is 30.0 Å². The third-order valence-corrected chi connectivity index (χ3v) is 3.82. The number of ether oxygens (including phenoxy) is 3. The van der Waals surface area contributed by atoms with Crippen LogP contribution in [-0.2, 0) is 23.9 Å². The van der Waals surface area contributed by atoms with Crippen LogP contribution in [0.5, 0.6) is 5.75 Å². The molecule has 2 heterocycles. The summed E-state index contributed by atoms with van der Waals surface area (Å²) in [6, 6.07) is 5.17. The summed E-state index contributed by atoms with van der Waals surface area (Å²) in [4.78, 5) is 37.4. The van der Waals surface area contributed by atoms with Crippen LogP contribution in [0.3, 0.4) is 0 Å².